The number of allylic oxidation sites excluding steroid dienone is 1. The molecule has 24 heavy (non-hydrogen) atoms. The van der Waals surface area contributed by atoms with Gasteiger partial charge in [-0.1, -0.05) is 51.3 Å². The van der Waals surface area contributed by atoms with Gasteiger partial charge in [0.15, 0.2) is 5.78 Å². The first kappa shape index (κ1) is 19.4. The van der Waals surface area contributed by atoms with Crippen LogP contribution in [0.1, 0.15) is 25.3 Å². The number of rotatable bonds is 4. The van der Waals surface area contributed by atoms with Crippen molar-refractivity contribution in [2.45, 2.75) is 25.4 Å². The number of Topliss-reactive ketones (excluding diaryl/α,β-unsaturated/α-hetero) is 1. The molecule has 3 atom stereocenters. The summed E-state index contributed by atoms with van der Waals surface area (Å²) in [5.74, 6) is -2.66. The molecule has 0 amide bonds. The second kappa shape index (κ2) is 8.00. The van der Waals surface area contributed by atoms with Gasteiger partial charge in [-0.3, -0.25) is 9.59 Å². The standard InChI is InChI=1S/C17H17BrCl2O4/c1-2-24-16(22)15-10(6-14(19)20)8-17(23,9-13(15)21)11-4-3-5-12(18)7-11/h3-7,10,15,23H,2,8-9H2,1H3. The lowest BCUT2D eigenvalue weighted by atomic mass is 9.68. The molecule has 1 aromatic carbocycles. The fourth-order valence-electron chi connectivity index (χ4n) is 3.07. The van der Waals surface area contributed by atoms with Gasteiger partial charge in [0, 0.05) is 16.8 Å². The number of hydrogen-bond donors (Lipinski definition) is 1. The summed E-state index contributed by atoms with van der Waals surface area (Å²) in [7, 11) is 0. The van der Waals surface area contributed by atoms with E-state index in [0.717, 1.165) is 4.47 Å². The smallest absolute Gasteiger partial charge is 0.317 e. The number of esters is 1. The third-order valence-electron chi connectivity index (χ3n) is 4.06. The summed E-state index contributed by atoms with van der Waals surface area (Å²) in [4.78, 5) is 24.7. The molecule has 0 heterocycles. The van der Waals surface area contributed by atoms with Crippen molar-refractivity contribution in [3.05, 3.63) is 44.9 Å². The van der Waals surface area contributed by atoms with Crippen molar-refractivity contribution in [1.29, 1.82) is 0 Å². The normalized spacial score (nSPS) is 26.8. The number of carbonyl (C=O) groups is 2. The number of aliphatic hydroxyl groups is 1. The minimum Gasteiger partial charge on any atom is -0.465 e. The zero-order valence-corrected chi connectivity index (χ0v) is 16.1. The van der Waals surface area contributed by atoms with Gasteiger partial charge in [0.25, 0.3) is 0 Å². The highest BCUT2D eigenvalue weighted by Crippen LogP contribution is 2.43. The zero-order chi connectivity index (χ0) is 17.9. The van der Waals surface area contributed by atoms with E-state index in [1.54, 1.807) is 25.1 Å². The average molecular weight is 436 g/mol. The molecule has 1 aliphatic carbocycles. The van der Waals surface area contributed by atoms with Crippen molar-refractivity contribution < 1.29 is 19.4 Å². The number of carbonyl (C=O) groups excluding carboxylic acids is 2. The summed E-state index contributed by atoms with van der Waals surface area (Å²) in [5.41, 5.74) is -0.800. The molecule has 4 nitrogen and oxygen atoms in total. The topological polar surface area (TPSA) is 63.6 Å². The maximum absolute atomic E-state index is 12.6. The largest absolute Gasteiger partial charge is 0.465 e. The molecular weight excluding hydrogens is 419 g/mol. The minimum atomic E-state index is -1.39. The van der Waals surface area contributed by atoms with E-state index in [-0.39, 0.29) is 23.9 Å². The van der Waals surface area contributed by atoms with Gasteiger partial charge in [-0.05, 0) is 37.1 Å². The fraction of sp³-hybridized carbons (Fsp3) is 0.412. The molecule has 1 fully saturated rings. The lowest BCUT2D eigenvalue weighted by molar-refractivity contribution is -0.159. The maximum Gasteiger partial charge on any atom is 0.317 e. The minimum absolute atomic E-state index is 0.0550. The number of halogens is 3. The SMILES string of the molecule is CCOC(=O)C1C(=O)CC(O)(c2cccc(Br)c2)CC1C=C(Cl)Cl. The third-order valence-corrected chi connectivity index (χ3v) is 4.80. The summed E-state index contributed by atoms with van der Waals surface area (Å²) in [6, 6.07) is 7.09. The molecule has 0 radical (unpaired) electrons. The van der Waals surface area contributed by atoms with Gasteiger partial charge in [-0.25, -0.2) is 0 Å². The van der Waals surface area contributed by atoms with Gasteiger partial charge in [-0.15, -0.1) is 0 Å². The van der Waals surface area contributed by atoms with E-state index in [1.165, 1.54) is 6.08 Å². The Hall–Kier alpha value is -0.880. The summed E-state index contributed by atoms with van der Waals surface area (Å²) in [5, 5.41) is 11.0. The van der Waals surface area contributed by atoms with Gasteiger partial charge in [0.1, 0.15) is 10.4 Å². The summed E-state index contributed by atoms with van der Waals surface area (Å²) < 4.78 is 5.73. The van der Waals surface area contributed by atoms with Crippen molar-refractivity contribution in [1.82, 2.24) is 0 Å². The molecule has 2 rings (SSSR count). The first-order valence-corrected chi connectivity index (χ1v) is 9.02. The van der Waals surface area contributed by atoms with Crippen LogP contribution in [0.15, 0.2) is 39.3 Å². The van der Waals surface area contributed by atoms with Crippen molar-refractivity contribution in [3.63, 3.8) is 0 Å². The van der Waals surface area contributed by atoms with Crippen molar-refractivity contribution in [2.75, 3.05) is 6.61 Å². The van der Waals surface area contributed by atoms with E-state index in [0.29, 0.717) is 5.56 Å². The number of hydrogen-bond acceptors (Lipinski definition) is 4. The Morgan fingerprint density at radius 1 is 1.50 bits per heavy atom. The van der Waals surface area contributed by atoms with Crippen molar-refractivity contribution >= 4 is 50.9 Å². The second-order valence-corrected chi connectivity index (χ2v) is 7.66. The Bertz CT molecular complexity index is 672. The molecule has 130 valence electrons. The predicted molar refractivity (Wildman–Crippen MR) is 95.7 cm³/mol. The molecule has 7 heteroatoms. The van der Waals surface area contributed by atoms with Crippen LogP contribution in [0.25, 0.3) is 0 Å². The lowest BCUT2D eigenvalue weighted by Gasteiger charge is -2.39. The van der Waals surface area contributed by atoms with Crippen LogP contribution in [0, 0.1) is 11.8 Å². The average Bonchev–Trinajstić information content (AvgIpc) is 2.46. The van der Waals surface area contributed by atoms with E-state index in [1.807, 2.05) is 6.07 Å². The third kappa shape index (κ3) is 4.39. The van der Waals surface area contributed by atoms with Crippen LogP contribution in [-0.2, 0) is 19.9 Å². The number of benzene rings is 1. The van der Waals surface area contributed by atoms with Crippen LogP contribution in [-0.4, -0.2) is 23.5 Å². The monoisotopic (exact) mass is 434 g/mol. The highest BCUT2D eigenvalue weighted by atomic mass is 79.9. The van der Waals surface area contributed by atoms with Crippen molar-refractivity contribution in [2.24, 2.45) is 11.8 Å². The van der Waals surface area contributed by atoms with Gasteiger partial charge in [0.2, 0.25) is 0 Å². The molecule has 1 aliphatic rings. The molecule has 0 spiro atoms. The van der Waals surface area contributed by atoms with Crippen molar-refractivity contribution in [3.8, 4) is 0 Å². The van der Waals surface area contributed by atoms with Crippen LogP contribution >= 0.6 is 39.1 Å². The van der Waals surface area contributed by atoms with Crippen LogP contribution in [0.3, 0.4) is 0 Å². The summed E-state index contributed by atoms with van der Waals surface area (Å²) in [6.07, 6.45) is 1.39. The van der Waals surface area contributed by atoms with E-state index >= 15 is 0 Å². The highest BCUT2D eigenvalue weighted by Gasteiger charge is 2.48. The molecular formula is C17H17BrCl2O4. The molecule has 0 bridgehead atoms. The molecule has 1 N–H and O–H groups in total. The Morgan fingerprint density at radius 3 is 2.79 bits per heavy atom. The Kier molecular flexibility index (Phi) is 6.48. The fourth-order valence-corrected chi connectivity index (χ4v) is 3.79. The molecule has 1 aromatic rings. The van der Waals surface area contributed by atoms with Gasteiger partial charge in [-0.2, -0.15) is 0 Å². The molecule has 0 aliphatic heterocycles. The maximum atomic E-state index is 12.6. The summed E-state index contributed by atoms with van der Waals surface area (Å²) in [6.45, 7) is 1.84. The summed E-state index contributed by atoms with van der Waals surface area (Å²) >= 11 is 14.8. The molecule has 3 unspecified atom stereocenters. The second-order valence-electron chi connectivity index (χ2n) is 5.74. The van der Waals surface area contributed by atoms with E-state index in [9.17, 15) is 14.7 Å². The Morgan fingerprint density at radius 2 is 2.21 bits per heavy atom. The van der Waals surface area contributed by atoms with Crippen LogP contribution in [0.5, 0.6) is 0 Å². The van der Waals surface area contributed by atoms with Crippen LogP contribution in [0.4, 0.5) is 0 Å². The van der Waals surface area contributed by atoms with E-state index < -0.39 is 29.2 Å². The van der Waals surface area contributed by atoms with E-state index in [4.69, 9.17) is 27.9 Å². The van der Waals surface area contributed by atoms with E-state index in [2.05, 4.69) is 15.9 Å². The quantitative estimate of drug-likeness (QED) is 0.570. The predicted octanol–water partition coefficient (Wildman–Crippen LogP) is 4.11. The first-order chi connectivity index (χ1) is 11.3. The molecule has 0 saturated heterocycles. The highest BCUT2D eigenvalue weighted by molar-refractivity contribution is 9.10. The number of ether oxygens (including phenoxy) is 1. The number of ketones is 1. The van der Waals surface area contributed by atoms with Crippen LogP contribution in [0.2, 0.25) is 0 Å². The first-order valence-electron chi connectivity index (χ1n) is 7.47. The van der Waals surface area contributed by atoms with Gasteiger partial charge < -0.3 is 9.84 Å². The van der Waals surface area contributed by atoms with Gasteiger partial charge >= 0.3 is 5.97 Å². The van der Waals surface area contributed by atoms with Gasteiger partial charge in [0.05, 0.1) is 12.2 Å². The lowest BCUT2D eigenvalue weighted by Crippen LogP contribution is -2.45. The zero-order valence-electron chi connectivity index (χ0n) is 13.0. The Labute approximate surface area is 158 Å². The van der Waals surface area contributed by atoms with Crippen LogP contribution < -0.4 is 0 Å². The Balaban J connectivity index is 2.40. The molecule has 0 aromatic heterocycles. The molecule has 1 saturated carbocycles.